The van der Waals surface area contributed by atoms with Crippen LogP contribution in [0.1, 0.15) is 25.3 Å². The summed E-state index contributed by atoms with van der Waals surface area (Å²) in [5.41, 5.74) is 0.597. The summed E-state index contributed by atoms with van der Waals surface area (Å²) in [7, 11) is 0. The Bertz CT molecular complexity index is 1030. The second-order valence-corrected chi connectivity index (χ2v) is 9.17. The molecule has 6 heteroatoms. The number of carbonyl (C=O) groups is 1. The van der Waals surface area contributed by atoms with E-state index in [1.807, 2.05) is 78.9 Å². The molecule has 154 valence electrons. The van der Waals surface area contributed by atoms with Gasteiger partial charge in [0.25, 0.3) is 0 Å². The molecule has 1 heterocycles. The molecular weight excluding hydrogens is 508 g/mol. The van der Waals surface area contributed by atoms with Gasteiger partial charge in [0.15, 0.2) is 5.72 Å². The quantitative estimate of drug-likeness (QED) is 0.401. The van der Waals surface area contributed by atoms with Gasteiger partial charge in [-0.05, 0) is 55.0 Å². The lowest BCUT2D eigenvalue weighted by Gasteiger charge is -2.37. The van der Waals surface area contributed by atoms with Gasteiger partial charge in [-0.2, -0.15) is 0 Å². The predicted octanol–water partition coefficient (Wildman–Crippen LogP) is 6.67. The maximum atomic E-state index is 13.8. The molecule has 1 aliphatic heterocycles. The van der Waals surface area contributed by atoms with Crippen LogP contribution in [0.2, 0.25) is 0 Å². The van der Waals surface area contributed by atoms with Crippen molar-refractivity contribution >= 4 is 49.3 Å². The van der Waals surface area contributed by atoms with Gasteiger partial charge in [-0.3, -0.25) is 9.80 Å². The van der Waals surface area contributed by atoms with Gasteiger partial charge in [-0.15, -0.1) is 0 Å². The molecule has 1 saturated heterocycles. The normalized spacial score (nSPS) is 21.3. The summed E-state index contributed by atoms with van der Waals surface area (Å²) in [4.78, 5) is 17.1. The number of nitrogens with zero attached hydrogens (tertiary/aromatic N) is 2. The number of hydrogen-bond donors (Lipinski definition) is 1. The molecule has 0 saturated carbocycles. The summed E-state index contributed by atoms with van der Waals surface area (Å²) in [6.07, 6.45) is 1.48. The maximum absolute atomic E-state index is 13.8. The summed E-state index contributed by atoms with van der Waals surface area (Å²) in [6.45, 7) is 2.07. The van der Waals surface area contributed by atoms with Crippen LogP contribution in [0.25, 0.3) is 0 Å². The second kappa shape index (κ2) is 8.53. The van der Waals surface area contributed by atoms with Crippen molar-refractivity contribution in [1.82, 2.24) is 0 Å². The molecule has 2 unspecified atom stereocenters. The molecule has 0 spiro atoms. The van der Waals surface area contributed by atoms with E-state index in [4.69, 9.17) is 0 Å². The Hall–Kier alpha value is -2.15. The third-order valence-electron chi connectivity index (χ3n) is 5.46. The molecular formula is C24H22Br2N2O2. The standard InChI is InChI=1S/C24H22Br2N2O2/c1-2-6-22-24(30,17-7-4-3-5-8-17)28(21-15-11-19(26)12-16-21)23(29)27(22)20-13-9-18(25)10-14-20/h3-5,7-16,22,30H,2,6H2,1H3. The summed E-state index contributed by atoms with van der Waals surface area (Å²) in [5.74, 6) is 0. The van der Waals surface area contributed by atoms with Crippen LogP contribution in [0.5, 0.6) is 0 Å². The summed E-state index contributed by atoms with van der Waals surface area (Å²) in [6, 6.07) is 23.9. The molecule has 1 N–H and O–H groups in total. The number of urea groups is 1. The SMILES string of the molecule is CCCC1N(c2ccc(Br)cc2)C(=O)N(c2ccc(Br)cc2)C1(O)c1ccccc1. The molecule has 3 aromatic rings. The van der Waals surface area contributed by atoms with Crippen LogP contribution in [0.3, 0.4) is 0 Å². The second-order valence-electron chi connectivity index (χ2n) is 7.34. The van der Waals surface area contributed by atoms with Gasteiger partial charge in [-0.25, -0.2) is 4.79 Å². The van der Waals surface area contributed by atoms with Crippen LogP contribution in [0.15, 0.2) is 87.8 Å². The van der Waals surface area contributed by atoms with E-state index in [2.05, 4.69) is 38.8 Å². The van der Waals surface area contributed by atoms with Crippen LogP contribution in [0.4, 0.5) is 16.2 Å². The zero-order chi connectivity index (χ0) is 21.3. The van der Waals surface area contributed by atoms with Gasteiger partial charge >= 0.3 is 6.03 Å². The van der Waals surface area contributed by atoms with Crippen molar-refractivity contribution in [2.75, 3.05) is 9.80 Å². The Kier molecular flexibility index (Phi) is 6.00. The minimum atomic E-state index is -1.50. The lowest BCUT2D eigenvalue weighted by atomic mass is 9.90. The highest BCUT2D eigenvalue weighted by molar-refractivity contribution is 9.10. The minimum Gasteiger partial charge on any atom is -0.365 e. The minimum absolute atomic E-state index is 0.246. The van der Waals surface area contributed by atoms with Crippen molar-refractivity contribution in [3.05, 3.63) is 93.4 Å². The topological polar surface area (TPSA) is 43.8 Å². The first kappa shape index (κ1) is 21.1. The van der Waals surface area contributed by atoms with E-state index in [1.54, 1.807) is 4.90 Å². The van der Waals surface area contributed by atoms with Gasteiger partial charge in [0.1, 0.15) is 0 Å². The third-order valence-corrected chi connectivity index (χ3v) is 6.52. The molecule has 0 radical (unpaired) electrons. The fraction of sp³-hybridized carbons (Fsp3) is 0.208. The van der Waals surface area contributed by atoms with Crippen molar-refractivity contribution in [2.24, 2.45) is 0 Å². The predicted molar refractivity (Wildman–Crippen MR) is 128 cm³/mol. The van der Waals surface area contributed by atoms with Gasteiger partial charge in [0.05, 0.1) is 6.04 Å². The maximum Gasteiger partial charge on any atom is 0.332 e. The van der Waals surface area contributed by atoms with Crippen LogP contribution < -0.4 is 9.80 Å². The Morgan fingerprint density at radius 3 is 1.93 bits per heavy atom. The Balaban J connectivity index is 1.93. The van der Waals surface area contributed by atoms with Crippen LogP contribution in [-0.4, -0.2) is 17.2 Å². The highest BCUT2D eigenvalue weighted by atomic mass is 79.9. The molecule has 1 aliphatic rings. The zero-order valence-electron chi connectivity index (χ0n) is 16.5. The van der Waals surface area contributed by atoms with E-state index in [9.17, 15) is 9.90 Å². The van der Waals surface area contributed by atoms with Gasteiger partial charge in [-0.1, -0.05) is 75.5 Å². The number of rotatable bonds is 5. The highest BCUT2D eigenvalue weighted by Gasteiger charge is 2.58. The first-order valence-corrected chi connectivity index (χ1v) is 11.5. The number of anilines is 2. The first-order valence-electron chi connectivity index (χ1n) is 9.89. The Labute approximate surface area is 193 Å². The molecule has 30 heavy (non-hydrogen) atoms. The van der Waals surface area contributed by atoms with E-state index in [0.29, 0.717) is 17.7 Å². The number of amides is 2. The molecule has 4 rings (SSSR count). The number of hydrogen-bond acceptors (Lipinski definition) is 2. The Morgan fingerprint density at radius 1 is 0.867 bits per heavy atom. The van der Waals surface area contributed by atoms with Gasteiger partial charge in [0, 0.05) is 25.9 Å². The monoisotopic (exact) mass is 528 g/mol. The molecule has 0 aromatic heterocycles. The van der Waals surface area contributed by atoms with Crippen molar-refractivity contribution < 1.29 is 9.90 Å². The summed E-state index contributed by atoms with van der Waals surface area (Å²) in [5, 5.41) is 12.2. The molecule has 0 bridgehead atoms. The number of carbonyl (C=O) groups excluding carboxylic acids is 1. The van der Waals surface area contributed by atoms with E-state index in [-0.39, 0.29) is 6.03 Å². The van der Waals surface area contributed by atoms with Crippen molar-refractivity contribution in [1.29, 1.82) is 0 Å². The van der Waals surface area contributed by atoms with E-state index in [0.717, 1.165) is 21.1 Å². The first-order chi connectivity index (χ1) is 14.5. The average Bonchev–Trinajstić information content (AvgIpc) is 2.98. The lowest BCUT2D eigenvalue weighted by molar-refractivity contribution is 0.0290. The van der Waals surface area contributed by atoms with Gasteiger partial charge in [0.2, 0.25) is 0 Å². The molecule has 4 nitrogen and oxygen atoms in total. The van der Waals surface area contributed by atoms with E-state index >= 15 is 0 Å². The lowest BCUT2D eigenvalue weighted by Crippen LogP contribution is -2.49. The van der Waals surface area contributed by atoms with Crippen LogP contribution in [0, 0.1) is 0 Å². The fourth-order valence-electron chi connectivity index (χ4n) is 4.11. The van der Waals surface area contributed by atoms with Gasteiger partial charge < -0.3 is 5.11 Å². The molecule has 1 fully saturated rings. The van der Waals surface area contributed by atoms with Crippen molar-refractivity contribution in [3.63, 3.8) is 0 Å². The number of aliphatic hydroxyl groups is 1. The van der Waals surface area contributed by atoms with Crippen LogP contribution in [-0.2, 0) is 5.72 Å². The number of benzene rings is 3. The van der Waals surface area contributed by atoms with Crippen molar-refractivity contribution in [3.8, 4) is 0 Å². The average molecular weight is 530 g/mol. The fourth-order valence-corrected chi connectivity index (χ4v) is 4.64. The summed E-state index contributed by atoms with van der Waals surface area (Å²) < 4.78 is 1.85. The third kappa shape index (κ3) is 3.57. The molecule has 2 amide bonds. The van der Waals surface area contributed by atoms with Crippen molar-refractivity contribution in [2.45, 2.75) is 31.5 Å². The number of halogens is 2. The van der Waals surface area contributed by atoms with E-state index < -0.39 is 11.8 Å². The summed E-state index contributed by atoms with van der Waals surface area (Å²) >= 11 is 6.92. The molecule has 0 aliphatic carbocycles. The highest BCUT2D eigenvalue weighted by Crippen LogP contribution is 2.46. The molecule has 2 atom stereocenters. The largest absolute Gasteiger partial charge is 0.365 e. The van der Waals surface area contributed by atoms with E-state index in [1.165, 1.54) is 4.90 Å². The zero-order valence-corrected chi connectivity index (χ0v) is 19.7. The Morgan fingerprint density at radius 2 is 1.40 bits per heavy atom. The smallest absolute Gasteiger partial charge is 0.332 e. The van der Waals surface area contributed by atoms with Crippen LogP contribution >= 0.6 is 31.9 Å². The molecule has 3 aromatic carbocycles.